The van der Waals surface area contributed by atoms with Crippen LogP contribution in [0.15, 0.2) is 54.6 Å². The fourth-order valence-corrected chi connectivity index (χ4v) is 2.41. The average molecular weight is 345 g/mol. The number of carbonyl (C=O) groups excluding carboxylic acids is 2. The summed E-state index contributed by atoms with van der Waals surface area (Å²) in [6.07, 6.45) is 0.373. The molecule has 2 aromatic carbocycles. The Morgan fingerprint density at radius 1 is 1.00 bits per heavy atom. The number of rotatable bonds is 6. The number of amides is 2. The minimum atomic E-state index is -0.742. The standard InChI is InChI=1S/C19H21ClN2O2/c1-13(2)12-17(23)22-18(14-6-4-3-5-7-14)19(24)21-16-10-8-15(20)9-11-16/h3-11,13,18H,12H2,1-2H3,(H,21,24)(H,22,23). The van der Waals surface area contributed by atoms with Gasteiger partial charge in [-0.3, -0.25) is 9.59 Å². The first-order valence-corrected chi connectivity index (χ1v) is 8.24. The molecule has 2 amide bonds. The summed E-state index contributed by atoms with van der Waals surface area (Å²) in [5, 5.41) is 6.23. The third-order valence-electron chi connectivity index (χ3n) is 3.41. The predicted molar refractivity (Wildman–Crippen MR) is 96.9 cm³/mol. The van der Waals surface area contributed by atoms with Gasteiger partial charge in [0, 0.05) is 17.1 Å². The van der Waals surface area contributed by atoms with Gasteiger partial charge < -0.3 is 10.6 Å². The van der Waals surface area contributed by atoms with Crippen LogP contribution in [0.1, 0.15) is 31.9 Å². The zero-order chi connectivity index (χ0) is 17.5. The quantitative estimate of drug-likeness (QED) is 0.825. The van der Waals surface area contributed by atoms with Crippen LogP contribution in [-0.4, -0.2) is 11.8 Å². The Balaban J connectivity index is 2.16. The monoisotopic (exact) mass is 344 g/mol. The van der Waals surface area contributed by atoms with Crippen LogP contribution in [0.2, 0.25) is 5.02 Å². The van der Waals surface area contributed by atoms with E-state index in [1.807, 2.05) is 44.2 Å². The second-order valence-electron chi connectivity index (χ2n) is 6.01. The summed E-state index contributed by atoms with van der Waals surface area (Å²) in [7, 11) is 0. The molecule has 5 heteroatoms. The molecule has 0 bridgehead atoms. The number of nitrogens with one attached hydrogen (secondary N) is 2. The SMILES string of the molecule is CC(C)CC(=O)NC(C(=O)Nc1ccc(Cl)cc1)c1ccccc1. The molecule has 0 aliphatic carbocycles. The van der Waals surface area contributed by atoms with Crippen LogP contribution in [0.4, 0.5) is 5.69 Å². The van der Waals surface area contributed by atoms with E-state index in [0.717, 1.165) is 5.56 Å². The molecule has 2 rings (SSSR count). The number of hydrogen-bond acceptors (Lipinski definition) is 2. The lowest BCUT2D eigenvalue weighted by atomic mass is 10.0. The van der Waals surface area contributed by atoms with Gasteiger partial charge in [-0.15, -0.1) is 0 Å². The molecule has 0 saturated heterocycles. The van der Waals surface area contributed by atoms with E-state index in [9.17, 15) is 9.59 Å². The summed E-state index contributed by atoms with van der Waals surface area (Å²) in [5.41, 5.74) is 1.37. The second-order valence-corrected chi connectivity index (χ2v) is 6.44. The smallest absolute Gasteiger partial charge is 0.251 e. The highest BCUT2D eigenvalue weighted by Crippen LogP contribution is 2.18. The number of anilines is 1. The van der Waals surface area contributed by atoms with E-state index in [4.69, 9.17) is 11.6 Å². The van der Waals surface area contributed by atoms with Gasteiger partial charge in [-0.1, -0.05) is 55.8 Å². The number of benzene rings is 2. The van der Waals surface area contributed by atoms with Crippen molar-refractivity contribution in [2.24, 2.45) is 5.92 Å². The van der Waals surface area contributed by atoms with E-state index < -0.39 is 6.04 Å². The third-order valence-corrected chi connectivity index (χ3v) is 3.66. The Bertz CT molecular complexity index is 684. The highest BCUT2D eigenvalue weighted by Gasteiger charge is 2.23. The first-order valence-electron chi connectivity index (χ1n) is 7.86. The minimum absolute atomic E-state index is 0.148. The Morgan fingerprint density at radius 2 is 1.62 bits per heavy atom. The summed E-state index contributed by atoms with van der Waals surface area (Å²) in [6, 6.07) is 15.3. The van der Waals surface area contributed by atoms with Crippen LogP contribution in [-0.2, 0) is 9.59 Å². The van der Waals surface area contributed by atoms with E-state index in [1.54, 1.807) is 24.3 Å². The molecular weight excluding hydrogens is 324 g/mol. The normalized spacial score (nSPS) is 11.8. The fourth-order valence-electron chi connectivity index (χ4n) is 2.28. The van der Waals surface area contributed by atoms with Crippen molar-refractivity contribution in [3.05, 3.63) is 65.2 Å². The van der Waals surface area contributed by atoms with Gasteiger partial charge in [0.15, 0.2) is 0 Å². The lowest BCUT2D eigenvalue weighted by Crippen LogP contribution is -2.37. The number of hydrogen-bond donors (Lipinski definition) is 2. The van der Waals surface area contributed by atoms with E-state index in [0.29, 0.717) is 17.1 Å². The molecule has 24 heavy (non-hydrogen) atoms. The first kappa shape index (κ1) is 18.0. The topological polar surface area (TPSA) is 58.2 Å². The molecule has 0 fully saturated rings. The Labute approximate surface area is 147 Å². The summed E-state index contributed by atoms with van der Waals surface area (Å²) < 4.78 is 0. The molecule has 0 aliphatic rings. The van der Waals surface area contributed by atoms with Gasteiger partial charge in [-0.2, -0.15) is 0 Å². The van der Waals surface area contributed by atoms with Gasteiger partial charge in [0.2, 0.25) is 5.91 Å². The molecule has 0 saturated carbocycles. The van der Waals surface area contributed by atoms with Crippen molar-refractivity contribution in [2.45, 2.75) is 26.3 Å². The van der Waals surface area contributed by atoms with Gasteiger partial charge in [0.25, 0.3) is 5.91 Å². The van der Waals surface area contributed by atoms with Crippen molar-refractivity contribution in [3.63, 3.8) is 0 Å². The van der Waals surface area contributed by atoms with Crippen LogP contribution >= 0.6 is 11.6 Å². The minimum Gasteiger partial charge on any atom is -0.341 e. The van der Waals surface area contributed by atoms with Crippen LogP contribution in [0.3, 0.4) is 0 Å². The van der Waals surface area contributed by atoms with Crippen molar-refractivity contribution in [3.8, 4) is 0 Å². The summed E-state index contributed by atoms with van der Waals surface area (Å²) >= 11 is 5.85. The lowest BCUT2D eigenvalue weighted by Gasteiger charge is -2.19. The molecule has 0 aliphatic heterocycles. The van der Waals surface area contributed by atoms with E-state index in [1.165, 1.54) is 0 Å². The summed E-state index contributed by atoms with van der Waals surface area (Å²) in [5.74, 6) is -0.216. The molecule has 0 heterocycles. The zero-order valence-electron chi connectivity index (χ0n) is 13.8. The molecule has 126 valence electrons. The van der Waals surface area contributed by atoms with Gasteiger partial charge in [0.1, 0.15) is 6.04 Å². The summed E-state index contributed by atoms with van der Waals surface area (Å²) in [4.78, 5) is 24.8. The Hall–Kier alpha value is -2.33. The highest BCUT2D eigenvalue weighted by atomic mass is 35.5. The lowest BCUT2D eigenvalue weighted by molar-refractivity contribution is -0.127. The maximum absolute atomic E-state index is 12.7. The van der Waals surface area contributed by atoms with Gasteiger partial charge in [0.05, 0.1) is 0 Å². The van der Waals surface area contributed by atoms with Crippen LogP contribution < -0.4 is 10.6 Å². The largest absolute Gasteiger partial charge is 0.341 e. The zero-order valence-corrected chi connectivity index (χ0v) is 14.5. The van der Waals surface area contributed by atoms with Crippen LogP contribution in [0.5, 0.6) is 0 Å². The van der Waals surface area contributed by atoms with Gasteiger partial charge in [-0.25, -0.2) is 0 Å². The molecule has 0 radical (unpaired) electrons. The molecule has 4 nitrogen and oxygen atoms in total. The van der Waals surface area contributed by atoms with Crippen LogP contribution in [0.25, 0.3) is 0 Å². The summed E-state index contributed by atoms with van der Waals surface area (Å²) in [6.45, 7) is 3.93. The number of halogens is 1. The fraction of sp³-hybridized carbons (Fsp3) is 0.263. The highest BCUT2D eigenvalue weighted by molar-refractivity contribution is 6.30. The molecule has 2 N–H and O–H groups in total. The molecule has 0 aromatic heterocycles. The molecule has 1 atom stereocenters. The van der Waals surface area contributed by atoms with Crippen molar-refractivity contribution in [2.75, 3.05) is 5.32 Å². The van der Waals surface area contributed by atoms with Crippen molar-refractivity contribution >= 4 is 29.1 Å². The van der Waals surface area contributed by atoms with Gasteiger partial charge in [-0.05, 0) is 35.7 Å². The van der Waals surface area contributed by atoms with E-state index in [2.05, 4.69) is 10.6 Å². The second kappa shape index (κ2) is 8.50. The number of carbonyl (C=O) groups is 2. The Kier molecular flexibility index (Phi) is 6.38. The third kappa shape index (κ3) is 5.39. The maximum Gasteiger partial charge on any atom is 0.251 e. The average Bonchev–Trinajstić information content (AvgIpc) is 2.55. The van der Waals surface area contributed by atoms with E-state index >= 15 is 0 Å². The van der Waals surface area contributed by atoms with Crippen molar-refractivity contribution in [1.82, 2.24) is 5.32 Å². The van der Waals surface area contributed by atoms with E-state index in [-0.39, 0.29) is 17.7 Å². The van der Waals surface area contributed by atoms with Crippen molar-refractivity contribution < 1.29 is 9.59 Å². The van der Waals surface area contributed by atoms with Gasteiger partial charge >= 0.3 is 0 Å². The predicted octanol–water partition coefficient (Wildman–Crippen LogP) is 4.18. The first-order chi connectivity index (χ1) is 11.5. The molecule has 0 spiro atoms. The molecule has 2 aromatic rings. The molecule has 1 unspecified atom stereocenters. The van der Waals surface area contributed by atoms with Crippen molar-refractivity contribution in [1.29, 1.82) is 0 Å². The maximum atomic E-state index is 12.7. The van der Waals surface area contributed by atoms with Crippen LogP contribution in [0, 0.1) is 5.92 Å². The Morgan fingerprint density at radius 3 is 2.21 bits per heavy atom. The molecular formula is C19H21ClN2O2.